The second-order valence-corrected chi connectivity index (χ2v) is 7.38. The Hall–Kier alpha value is -0.120. The van der Waals surface area contributed by atoms with E-state index in [2.05, 4.69) is 44.8 Å². The monoisotopic (exact) mass is 270 g/mol. The number of hydrogen-bond donors (Lipinski definition) is 1. The van der Waals surface area contributed by atoms with Gasteiger partial charge in [-0.25, -0.2) is 0 Å². The molecule has 1 aliphatic heterocycles. The van der Waals surface area contributed by atoms with Crippen LogP contribution >= 0.6 is 0 Å². The second kappa shape index (κ2) is 7.61. The van der Waals surface area contributed by atoms with Crippen molar-refractivity contribution in [2.75, 3.05) is 33.4 Å². The molecule has 0 aliphatic carbocycles. The van der Waals surface area contributed by atoms with Gasteiger partial charge in [-0.3, -0.25) is 4.90 Å². The molecule has 0 bridgehead atoms. The largest absolute Gasteiger partial charge is 0.384 e. The number of piperidine rings is 1. The first-order valence-electron chi connectivity index (χ1n) is 7.81. The van der Waals surface area contributed by atoms with E-state index in [0.717, 1.165) is 19.1 Å². The average Bonchev–Trinajstić information content (AvgIpc) is 2.30. The summed E-state index contributed by atoms with van der Waals surface area (Å²) < 4.78 is 5.29. The van der Waals surface area contributed by atoms with E-state index >= 15 is 0 Å². The zero-order valence-corrected chi connectivity index (χ0v) is 13.8. The third-order valence-corrected chi connectivity index (χ3v) is 4.13. The van der Waals surface area contributed by atoms with Crippen LogP contribution in [-0.4, -0.2) is 49.8 Å². The third-order valence-electron chi connectivity index (χ3n) is 4.13. The van der Waals surface area contributed by atoms with Gasteiger partial charge in [-0.05, 0) is 58.5 Å². The highest BCUT2D eigenvalue weighted by molar-refractivity contribution is 4.84. The maximum Gasteiger partial charge on any atom is 0.0491 e. The van der Waals surface area contributed by atoms with Gasteiger partial charge >= 0.3 is 0 Å². The number of nitrogens with one attached hydrogen (secondary N) is 1. The lowest BCUT2D eigenvalue weighted by atomic mass is 9.93. The van der Waals surface area contributed by atoms with Crippen LogP contribution in [0.2, 0.25) is 0 Å². The summed E-state index contributed by atoms with van der Waals surface area (Å²) in [5.41, 5.74) is 0.210. The minimum atomic E-state index is 0.210. The summed E-state index contributed by atoms with van der Waals surface area (Å²) in [5, 5.41) is 3.67. The van der Waals surface area contributed by atoms with Gasteiger partial charge in [0.25, 0.3) is 0 Å². The lowest BCUT2D eigenvalue weighted by molar-refractivity contribution is 0.0639. The summed E-state index contributed by atoms with van der Waals surface area (Å²) in [6.07, 6.45) is 2.57. The van der Waals surface area contributed by atoms with Crippen LogP contribution in [0.5, 0.6) is 0 Å². The number of likely N-dealkylation sites (tertiary alicyclic amines) is 1. The standard InChI is InChI=1S/C16H34N2O/c1-13(2)15(11-17-16(3,4)5)18-9-7-14(8-10-18)12-19-6/h13-15,17H,7-12H2,1-6H3. The predicted molar refractivity (Wildman–Crippen MR) is 82.6 cm³/mol. The van der Waals surface area contributed by atoms with Gasteiger partial charge in [0, 0.05) is 31.8 Å². The van der Waals surface area contributed by atoms with Crippen molar-refractivity contribution < 1.29 is 4.74 Å². The fourth-order valence-corrected chi connectivity index (χ4v) is 2.88. The molecule has 3 nitrogen and oxygen atoms in total. The van der Waals surface area contributed by atoms with Crippen molar-refractivity contribution in [2.24, 2.45) is 11.8 Å². The zero-order chi connectivity index (χ0) is 14.5. The summed E-state index contributed by atoms with van der Waals surface area (Å²) in [6.45, 7) is 15.9. The van der Waals surface area contributed by atoms with Gasteiger partial charge in [-0.1, -0.05) is 13.8 Å². The van der Waals surface area contributed by atoms with Gasteiger partial charge in [0.2, 0.25) is 0 Å². The molecule has 114 valence electrons. The molecule has 0 aromatic carbocycles. The van der Waals surface area contributed by atoms with Gasteiger partial charge in [0.15, 0.2) is 0 Å². The van der Waals surface area contributed by atoms with Gasteiger partial charge in [-0.2, -0.15) is 0 Å². The molecule has 3 heteroatoms. The molecule has 1 aliphatic rings. The molecule has 0 aromatic heterocycles. The molecule has 19 heavy (non-hydrogen) atoms. The molecule has 1 heterocycles. The molecule has 0 saturated carbocycles. The van der Waals surface area contributed by atoms with Crippen LogP contribution in [-0.2, 0) is 4.74 Å². The number of ether oxygens (including phenoxy) is 1. The van der Waals surface area contributed by atoms with Gasteiger partial charge < -0.3 is 10.1 Å². The van der Waals surface area contributed by atoms with E-state index in [-0.39, 0.29) is 5.54 Å². The fraction of sp³-hybridized carbons (Fsp3) is 1.00. The number of hydrogen-bond acceptors (Lipinski definition) is 3. The zero-order valence-electron chi connectivity index (χ0n) is 13.8. The molecule has 0 aromatic rings. The van der Waals surface area contributed by atoms with Gasteiger partial charge in [-0.15, -0.1) is 0 Å². The third kappa shape index (κ3) is 6.24. The number of methoxy groups -OCH3 is 1. The smallest absolute Gasteiger partial charge is 0.0491 e. The van der Waals surface area contributed by atoms with E-state index < -0.39 is 0 Å². The van der Waals surface area contributed by atoms with E-state index in [9.17, 15) is 0 Å². The Morgan fingerprint density at radius 3 is 2.21 bits per heavy atom. The molecule has 1 rings (SSSR count). The minimum absolute atomic E-state index is 0.210. The van der Waals surface area contributed by atoms with Crippen molar-refractivity contribution in [1.82, 2.24) is 10.2 Å². The topological polar surface area (TPSA) is 24.5 Å². The molecule has 1 fully saturated rings. The summed E-state index contributed by atoms with van der Waals surface area (Å²) in [7, 11) is 1.82. The van der Waals surface area contributed by atoms with Crippen LogP contribution in [0, 0.1) is 11.8 Å². The van der Waals surface area contributed by atoms with Crippen molar-refractivity contribution in [1.29, 1.82) is 0 Å². The Balaban J connectivity index is 2.45. The van der Waals surface area contributed by atoms with Gasteiger partial charge in [0.1, 0.15) is 0 Å². The summed E-state index contributed by atoms with van der Waals surface area (Å²) in [4.78, 5) is 2.68. The van der Waals surface area contributed by atoms with Crippen LogP contribution in [0.4, 0.5) is 0 Å². The van der Waals surface area contributed by atoms with Gasteiger partial charge in [0.05, 0.1) is 0 Å². The van der Waals surface area contributed by atoms with Crippen LogP contribution in [0.3, 0.4) is 0 Å². The lowest BCUT2D eigenvalue weighted by Crippen LogP contribution is -2.52. The predicted octanol–water partition coefficient (Wildman–Crippen LogP) is 2.76. The minimum Gasteiger partial charge on any atom is -0.384 e. The number of nitrogens with zero attached hydrogens (tertiary/aromatic N) is 1. The number of rotatable bonds is 6. The lowest BCUT2D eigenvalue weighted by Gasteiger charge is -2.40. The highest BCUT2D eigenvalue weighted by Gasteiger charge is 2.27. The van der Waals surface area contributed by atoms with Crippen LogP contribution < -0.4 is 5.32 Å². The molecule has 1 unspecified atom stereocenters. The average molecular weight is 270 g/mol. The van der Waals surface area contributed by atoms with E-state index in [0.29, 0.717) is 12.0 Å². The maximum absolute atomic E-state index is 5.29. The first-order chi connectivity index (χ1) is 8.83. The van der Waals surface area contributed by atoms with Crippen molar-refractivity contribution in [3.05, 3.63) is 0 Å². The molecular formula is C16H34N2O. The van der Waals surface area contributed by atoms with Crippen molar-refractivity contribution in [3.63, 3.8) is 0 Å². The SMILES string of the molecule is COCC1CCN(C(CNC(C)(C)C)C(C)C)CC1. The van der Waals surface area contributed by atoms with Crippen LogP contribution in [0.15, 0.2) is 0 Å². The Bertz CT molecular complexity index is 240. The molecule has 1 N–H and O–H groups in total. The Kier molecular flexibility index (Phi) is 6.78. The Morgan fingerprint density at radius 1 is 1.21 bits per heavy atom. The molecule has 1 atom stereocenters. The van der Waals surface area contributed by atoms with E-state index in [1.54, 1.807) is 0 Å². The second-order valence-electron chi connectivity index (χ2n) is 7.38. The molecule has 0 spiro atoms. The van der Waals surface area contributed by atoms with Crippen LogP contribution in [0.25, 0.3) is 0 Å². The normalized spacial score (nSPS) is 21.0. The molecule has 1 saturated heterocycles. The van der Waals surface area contributed by atoms with E-state index in [1.807, 2.05) is 7.11 Å². The molecule has 0 amide bonds. The molecule has 0 radical (unpaired) electrons. The highest BCUT2D eigenvalue weighted by Crippen LogP contribution is 2.22. The summed E-state index contributed by atoms with van der Waals surface area (Å²) >= 11 is 0. The Labute approximate surface area is 120 Å². The van der Waals surface area contributed by atoms with Crippen molar-refractivity contribution >= 4 is 0 Å². The first-order valence-corrected chi connectivity index (χ1v) is 7.81. The van der Waals surface area contributed by atoms with E-state index in [1.165, 1.54) is 25.9 Å². The van der Waals surface area contributed by atoms with Crippen molar-refractivity contribution in [3.8, 4) is 0 Å². The van der Waals surface area contributed by atoms with Crippen LogP contribution in [0.1, 0.15) is 47.5 Å². The fourth-order valence-electron chi connectivity index (χ4n) is 2.88. The maximum atomic E-state index is 5.29. The summed E-state index contributed by atoms with van der Waals surface area (Å²) in [5.74, 6) is 1.47. The van der Waals surface area contributed by atoms with Crippen molar-refractivity contribution in [2.45, 2.75) is 59.0 Å². The first kappa shape index (κ1) is 16.9. The highest BCUT2D eigenvalue weighted by atomic mass is 16.5. The van der Waals surface area contributed by atoms with E-state index in [4.69, 9.17) is 4.74 Å². The molecular weight excluding hydrogens is 236 g/mol. The quantitative estimate of drug-likeness (QED) is 0.803. The Morgan fingerprint density at radius 2 is 1.79 bits per heavy atom. The summed E-state index contributed by atoms with van der Waals surface area (Å²) in [6, 6.07) is 0.655.